The van der Waals surface area contributed by atoms with Crippen LogP contribution in [0.3, 0.4) is 0 Å². The summed E-state index contributed by atoms with van der Waals surface area (Å²) in [7, 11) is 2.18. The first-order valence-corrected chi connectivity index (χ1v) is 8.15. The molecule has 1 saturated carbocycles. The van der Waals surface area contributed by atoms with E-state index in [2.05, 4.69) is 23.8 Å². The van der Waals surface area contributed by atoms with E-state index < -0.39 is 0 Å². The fourth-order valence-electron chi connectivity index (χ4n) is 3.67. The largest absolute Gasteiger partial charge is 0.466 e. The molecule has 0 radical (unpaired) electrons. The Balaban J connectivity index is 2.05. The van der Waals surface area contributed by atoms with Crippen LogP contribution in [0.2, 0.25) is 0 Å². The molecule has 0 aromatic rings. The molecule has 2 aliphatic rings. The van der Waals surface area contributed by atoms with Crippen molar-refractivity contribution in [3.05, 3.63) is 0 Å². The zero-order valence-electron chi connectivity index (χ0n) is 13.4. The molecule has 4 nitrogen and oxygen atoms in total. The minimum absolute atomic E-state index is 0.0130. The fourth-order valence-corrected chi connectivity index (χ4v) is 3.67. The molecule has 1 heterocycles. The Labute approximate surface area is 123 Å². The van der Waals surface area contributed by atoms with Crippen molar-refractivity contribution in [1.29, 1.82) is 0 Å². The van der Waals surface area contributed by atoms with Crippen molar-refractivity contribution in [3.8, 4) is 0 Å². The Bertz CT molecular complexity index is 316. The van der Waals surface area contributed by atoms with Crippen molar-refractivity contribution in [1.82, 2.24) is 9.80 Å². The Kier molecular flexibility index (Phi) is 5.44. The van der Waals surface area contributed by atoms with Gasteiger partial charge in [0.1, 0.15) is 0 Å². The van der Waals surface area contributed by atoms with Gasteiger partial charge < -0.3 is 9.64 Å². The van der Waals surface area contributed by atoms with Crippen molar-refractivity contribution in [2.75, 3.05) is 39.8 Å². The van der Waals surface area contributed by atoms with Gasteiger partial charge in [0.2, 0.25) is 0 Å². The van der Waals surface area contributed by atoms with Crippen LogP contribution < -0.4 is 0 Å². The van der Waals surface area contributed by atoms with Crippen molar-refractivity contribution in [2.24, 2.45) is 5.92 Å². The number of hydrogen-bond acceptors (Lipinski definition) is 4. The number of ether oxygens (including phenoxy) is 1. The monoisotopic (exact) mass is 282 g/mol. The van der Waals surface area contributed by atoms with Crippen LogP contribution in [-0.4, -0.2) is 61.1 Å². The van der Waals surface area contributed by atoms with Crippen molar-refractivity contribution in [3.63, 3.8) is 0 Å². The van der Waals surface area contributed by atoms with Crippen LogP contribution in [0.25, 0.3) is 0 Å². The van der Waals surface area contributed by atoms with E-state index in [0.717, 1.165) is 44.9 Å². The minimum Gasteiger partial charge on any atom is -0.466 e. The third kappa shape index (κ3) is 3.73. The number of piperazine rings is 1. The SMILES string of the molecule is CCOC(=O)CC1(N2CCN(C)CC2)CCC(C)CC1. The van der Waals surface area contributed by atoms with Gasteiger partial charge in [-0.15, -0.1) is 0 Å². The van der Waals surface area contributed by atoms with Gasteiger partial charge in [-0.2, -0.15) is 0 Å². The van der Waals surface area contributed by atoms with E-state index in [0.29, 0.717) is 13.0 Å². The van der Waals surface area contributed by atoms with Gasteiger partial charge in [-0.1, -0.05) is 6.92 Å². The number of nitrogens with zero attached hydrogens (tertiary/aromatic N) is 2. The first-order valence-electron chi connectivity index (χ1n) is 8.15. The molecular formula is C16H30N2O2. The van der Waals surface area contributed by atoms with Gasteiger partial charge in [0.15, 0.2) is 0 Å². The van der Waals surface area contributed by atoms with Gasteiger partial charge in [0, 0.05) is 31.7 Å². The van der Waals surface area contributed by atoms with Gasteiger partial charge >= 0.3 is 5.97 Å². The Hall–Kier alpha value is -0.610. The lowest BCUT2D eigenvalue weighted by atomic mass is 9.74. The molecule has 0 aromatic carbocycles. The summed E-state index contributed by atoms with van der Waals surface area (Å²) < 4.78 is 5.23. The average Bonchev–Trinajstić information content (AvgIpc) is 2.43. The second kappa shape index (κ2) is 6.90. The summed E-state index contributed by atoms with van der Waals surface area (Å²) in [6.07, 6.45) is 5.36. The topological polar surface area (TPSA) is 32.8 Å². The normalized spacial score (nSPS) is 33.0. The maximum absolute atomic E-state index is 12.0. The Morgan fingerprint density at radius 3 is 2.35 bits per heavy atom. The van der Waals surface area contributed by atoms with Gasteiger partial charge in [0.05, 0.1) is 13.0 Å². The number of rotatable bonds is 4. The molecule has 0 atom stereocenters. The highest BCUT2D eigenvalue weighted by atomic mass is 16.5. The first kappa shape index (κ1) is 15.8. The third-order valence-corrected chi connectivity index (χ3v) is 5.16. The van der Waals surface area contributed by atoms with Gasteiger partial charge in [-0.25, -0.2) is 0 Å². The van der Waals surface area contributed by atoms with Crippen molar-refractivity contribution >= 4 is 5.97 Å². The zero-order valence-corrected chi connectivity index (χ0v) is 13.4. The van der Waals surface area contributed by atoms with Crippen molar-refractivity contribution in [2.45, 2.75) is 51.5 Å². The highest BCUT2D eigenvalue weighted by Crippen LogP contribution is 2.39. The second-order valence-electron chi connectivity index (χ2n) is 6.68. The fraction of sp³-hybridized carbons (Fsp3) is 0.938. The highest BCUT2D eigenvalue weighted by Gasteiger charge is 2.42. The standard InChI is InChI=1S/C16H30N2O2/c1-4-20-15(19)13-16(7-5-14(2)6-8-16)18-11-9-17(3)10-12-18/h14H,4-13H2,1-3H3. The maximum atomic E-state index is 12.0. The van der Waals surface area contributed by atoms with E-state index in [1.54, 1.807) is 0 Å². The second-order valence-corrected chi connectivity index (χ2v) is 6.68. The maximum Gasteiger partial charge on any atom is 0.307 e. The van der Waals surface area contributed by atoms with Crippen LogP contribution in [0.5, 0.6) is 0 Å². The van der Waals surface area contributed by atoms with Crippen LogP contribution in [0.15, 0.2) is 0 Å². The van der Waals surface area contributed by atoms with Gasteiger partial charge in [0.25, 0.3) is 0 Å². The summed E-state index contributed by atoms with van der Waals surface area (Å²) in [6.45, 7) is 9.12. The summed E-state index contributed by atoms with van der Waals surface area (Å²) in [5.74, 6) is 0.791. The predicted octanol–water partition coefficient (Wildman–Crippen LogP) is 2.14. The lowest BCUT2D eigenvalue weighted by molar-refractivity contribution is -0.148. The molecule has 1 saturated heterocycles. The average molecular weight is 282 g/mol. The van der Waals surface area contributed by atoms with Crippen LogP contribution in [0.4, 0.5) is 0 Å². The molecule has 0 spiro atoms. The first-order chi connectivity index (χ1) is 9.55. The number of likely N-dealkylation sites (N-methyl/N-ethyl adjacent to an activating group) is 1. The quantitative estimate of drug-likeness (QED) is 0.740. The molecule has 0 amide bonds. The Morgan fingerprint density at radius 1 is 1.20 bits per heavy atom. The van der Waals surface area contributed by atoms with Crippen LogP contribution in [0.1, 0.15) is 46.0 Å². The van der Waals surface area contributed by atoms with E-state index >= 15 is 0 Å². The lowest BCUT2D eigenvalue weighted by Gasteiger charge is -2.50. The summed E-state index contributed by atoms with van der Waals surface area (Å²) in [5, 5.41) is 0. The number of hydrogen-bond donors (Lipinski definition) is 0. The molecule has 0 aromatic heterocycles. The molecule has 1 aliphatic heterocycles. The summed E-state index contributed by atoms with van der Waals surface area (Å²) in [5.41, 5.74) is 0.0695. The smallest absolute Gasteiger partial charge is 0.307 e. The molecule has 4 heteroatoms. The van der Waals surface area contributed by atoms with E-state index in [9.17, 15) is 4.79 Å². The molecular weight excluding hydrogens is 252 g/mol. The van der Waals surface area contributed by atoms with Gasteiger partial charge in [-0.3, -0.25) is 9.69 Å². The number of carbonyl (C=O) groups is 1. The molecule has 1 aliphatic carbocycles. The number of carbonyl (C=O) groups excluding carboxylic acids is 1. The summed E-state index contributed by atoms with van der Waals surface area (Å²) in [4.78, 5) is 17.0. The summed E-state index contributed by atoms with van der Waals surface area (Å²) in [6, 6.07) is 0. The van der Waals surface area contributed by atoms with Crippen LogP contribution >= 0.6 is 0 Å². The molecule has 0 N–H and O–H groups in total. The predicted molar refractivity (Wildman–Crippen MR) is 80.7 cm³/mol. The molecule has 116 valence electrons. The third-order valence-electron chi connectivity index (χ3n) is 5.16. The summed E-state index contributed by atoms with van der Waals surface area (Å²) >= 11 is 0. The van der Waals surface area contributed by atoms with E-state index in [1.165, 1.54) is 12.8 Å². The number of esters is 1. The molecule has 20 heavy (non-hydrogen) atoms. The van der Waals surface area contributed by atoms with E-state index in [1.807, 2.05) is 6.92 Å². The molecule has 2 rings (SSSR count). The molecule has 2 fully saturated rings. The molecule has 0 unspecified atom stereocenters. The lowest BCUT2D eigenvalue weighted by Crippen LogP contribution is -2.58. The van der Waals surface area contributed by atoms with Crippen molar-refractivity contribution < 1.29 is 9.53 Å². The van der Waals surface area contributed by atoms with E-state index in [4.69, 9.17) is 4.74 Å². The zero-order chi connectivity index (χ0) is 14.6. The minimum atomic E-state index is -0.0130. The Morgan fingerprint density at radius 2 is 1.80 bits per heavy atom. The van der Waals surface area contributed by atoms with Gasteiger partial charge in [-0.05, 0) is 45.6 Å². The van der Waals surface area contributed by atoms with Crippen LogP contribution in [-0.2, 0) is 9.53 Å². The molecule has 0 bridgehead atoms. The van der Waals surface area contributed by atoms with Crippen LogP contribution in [0, 0.1) is 5.92 Å². The highest BCUT2D eigenvalue weighted by molar-refractivity contribution is 5.71. The van der Waals surface area contributed by atoms with E-state index in [-0.39, 0.29) is 11.5 Å².